The molecule has 0 heterocycles. The predicted octanol–water partition coefficient (Wildman–Crippen LogP) is 2.33. The lowest BCUT2D eigenvalue weighted by Gasteiger charge is -2.12. The molecule has 2 N–H and O–H groups in total. The average molecular weight is 226 g/mol. The Morgan fingerprint density at radius 3 is 2.73 bits per heavy atom. The van der Waals surface area contributed by atoms with Crippen LogP contribution in [0.4, 0.5) is 0 Å². The molecule has 1 aliphatic carbocycles. The number of hydrogen-bond acceptors (Lipinski definition) is 2. The molecular weight excluding hydrogens is 214 g/mol. The largest absolute Gasteiger partial charge is 0.507 e. The second-order valence-corrected chi connectivity index (χ2v) is 4.61. The summed E-state index contributed by atoms with van der Waals surface area (Å²) in [6.07, 6.45) is 1.99. The summed E-state index contributed by atoms with van der Waals surface area (Å²) in [4.78, 5) is 11.7. The van der Waals surface area contributed by atoms with Crippen molar-refractivity contribution in [3.63, 3.8) is 0 Å². The molecule has 0 spiro atoms. The van der Waals surface area contributed by atoms with Gasteiger partial charge in [0.05, 0.1) is 5.56 Å². The lowest BCUT2D eigenvalue weighted by atomic mass is 10.1. The van der Waals surface area contributed by atoms with Crippen molar-refractivity contribution in [1.29, 1.82) is 0 Å². The van der Waals surface area contributed by atoms with Crippen molar-refractivity contribution in [3.8, 4) is 5.75 Å². The number of benzene rings is 1. The molecule has 3 nitrogen and oxygen atoms in total. The van der Waals surface area contributed by atoms with Crippen LogP contribution in [0.3, 0.4) is 0 Å². The first-order chi connectivity index (χ1) is 7.00. The van der Waals surface area contributed by atoms with E-state index in [9.17, 15) is 9.90 Å². The van der Waals surface area contributed by atoms with Gasteiger partial charge in [-0.05, 0) is 38.0 Å². The van der Waals surface area contributed by atoms with E-state index in [0.717, 1.165) is 12.8 Å². The lowest BCUT2D eigenvalue weighted by Crippen LogP contribution is -2.34. The zero-order valence-electron chi connectivity index (χ0n) is 8.38. The van der Waals surface area contributed by atoms with E-state index in [0.29, 0.717) is 5.02 Å². The summed E-state index contributed by atoms with van der Waals surface area (Å²) in [5.74, 6) is -0.326. The summed E-state index contributed by atoms with van der Waals surface area (Å²) in [5.41, 5.74) is 0.191. The summed E-state index contributed by atoms with van der Waals surface area (Å²) >= 11 is 5.68. The fraction of sp³-hybridized carbons (Fsp3) is 0.364. The second kappa shape index (κ2) is 3.42. The van der Waals surface area contributed by atoms with Gasteiger partial charge < -0.3 is 10.4 Å². The Bertz CT molecular complexity index is 413. The molecular formula is C11H12ClNO2. The zero-order chi connectivity index (χ0) is 11.1. The van der Waals surface area contributed by atoms with Crippen LogP contribution in [0.15, 0.2) is 18.2 Å². The number of halogens is 1. The molecule has 0 bridgehead atoms. The van der Waals surface area contributed by atoms with Crippen molar-refractivity contribution < 1.29 is 9.90 Å². The molecule has 1 aliphatic rings. The number of phenolic OH excluding ortho intramolecular Hbond substituents is 1. The predicted molar refractivity (Wildman–Crippen MR) is 58.2 cm³/mol. The summed E-state index contributed by atoms with van der Waals surface area (Å²) in [5, 5.41) is 12.8. The fourth-order valence-electron chi connectivity index (χ4n) is 1.35. The smallest absolute Gasteiger partial charge is 0.255 e. The Kier molecular flexibility index (Phi) is 2.35. The van der Waals surface area contributed by atoms with Crippen LogP contribution in [0, 0.1) is 0 Å². The van der Waals surface area contributed by atoms with Crippen LogP contribution in [-0.2, 0) is 0 Å². The number of carbonyl (C=O) groups is 1. The standard InChI is InChI=1S/C11H12ClNO2/c1-11(4-5-11)13-10(15)8-3-2-7(12)6-9(8)14/h2-3,6,14H,4-5H2,1H3,(H,13,15). The van der Waals surface area contributed by atoms with E-state index in [1.165, 1.54) is 12.1 Å². The van der Waals surface area contributed by atoms with Gasteiger partial charge in [-0.1, -0.05) is 11.6 Å². The average Bonchev–Trinajstić information content (AvgIpc) is 2.82. The lowest BCUT2D eigenvalue weighted by molar-refractivity contribution is 0.0933. The Hall–Kier alpha value is -1.22. The second-order valence-electron chi connectivity index (χ2n) is 4.18. The first-order valence-electron chi connectivity index (χ1n) is 4.81. The van der Waals surface area contributed by atoms with Gasteiger partial charge in [0, 0.05) is 10.6 Å². The normalized spacial score (nSPS) is 17.2. The van der Waals surface area contributed by atoms with Crippen molar-refractivity contribution in [1.82, 2.24) is 5.32 Å². The molecule has 0 radical (unpaired) electrons. The van der Waals surface area contributed by atoms with E-state index < -0.39 is 0 Å². The van der Waals surface area contributed by atoms with Gasteiger partial charge in [-0.3, -0.25) is 4.79 Å². The molecule has 1 aromatic rings. The zero-order valence-corrected chi connectivity index (χ0v) is 9.14. The number of amides is 1. The minimum absolute atomic E-state index is 0.0794. The highest BCUT2D eigenvalue weighted by Gasteiger charge is 2.39. The highest BCUT2D eigenvalue weighted by Crippen LogP contribution is 2.35. The monoisotopic (exact) mass is 225 g/mol. The third kappa shape index (κ3) is 2.23. The topological polar surface area (TPSA) is 49.3 Å². The molecule has 0 saturated heterocycles. The van der Waals surface area contributed by atoms with Crippen LogP contribution in [-0.4, -0.2) is 16.6 Å². The maximum absolute atomic E-state index is 11.7. The maximum atomic E-state index is 11.7. The molecule has 1 aromatic carbocycles. The van der Waals surface area contributed by atoms with Crippen LogP contribution in [0.5, 0.6) is 5.75 Å². The van der Waals surface area contributed by atoms with Crippen molar-refractivity contribution in [3.05, 3.63) is 28.8 Å². The molecule has 1 amide bonds. The Balaban J connectivity index is 2.18. The molecule has 0 aliphatic heterocycles. The van der Waals surface area contributed by atoms with Gasteiger partial charge in [0.1, 0.15) is 5.75 Å². The van der Waals surface area contributed by atoms with Crippen LogP contribution in [0.25, 0.3) is 0 Å². The molecule has 1 fully saturated rings. The van der Waals surface area contributed by atoms with Gasteiger partial charge in [-0.25, -0.2) is 0 Å². The summed E-state index contributed by atoms with van der Waals surface area (Å²) in [6, 6.07) is 4.48. The van der Waals surface area contributed by atoms with Gasteiger partial charge in [-0.15, -0.1) is 0 Å². The summed E-state index contributed by atoms with van der Waals surface area (Å²) in [7, 11) is 0. The van der Waals surface area contributed by atoms with Gasteiger partial charge >= 0.3 is 0 Å². The quantitative estimate of drug-likeness (QED) is 0.812. The van der Waals surface area contributed by atoms with E-state index in [1.807, 2.05) is 6.92 Å². The molecule has 15 heavy (non-hydrogen) atoms. The molecule has 2 rings (SSSR count). The van der Waals surface area contributed by atoms with Crippen molar-refractivity contribution in [2.45, 2.75) is 25.3 Å². The maximum Gasteiger partial charge on any atom is 0.255 e. The van der Waals surface area contributed by atoms with Crippen LogP contribution in [0.2, 0.25) is 5.02 Å². The first kappa shape index (κ1) is 10.3. The van der Waals surface area contributed by atoms with Gasteiger partial charge in [-0.2, -0.15) is 0 Å². The molecule has 0 atom stereocenters. The van der Waals surface area contributed by atoms with E-state index in [-0.39, 0.29) is 22.8 Å². The SMILES string of the molecule is CC1(NC(=O)c2ccc(Cl)cc2O)CC1. The highest BCUT2D eigenvalue weighted by molar-refractivity contribution is 6.30. The van der Waals surface area contributed by atoms with Crippen molar-refractivity contribution in [2.75, 3.05) is 0 Å². The number of phenols is 1. The van der Waals surface area contributed by atoms with E-state index in [1.54, 1.807) is 6.07 Å². The third-order valence-corrected chi connectivity index (χ3v) is 2.85. The van der Waals surface area contributed by atoms with Gasteiger partial charge in [0.2, 0.25) is 0 Å². The van der Waals surface area contributed by atoms with Crippen molar-refractivity contribution >= 4 is 17.5 Å². The van der Waals surface area contributed by atoms with Crippen LogP contribution in [0.1, 0.15) is 30.1 Å². The minimum Gasteiger partial charge on any atom is -0.507 e. The van der Waals surface area contributed by atoms with Gasteiger partial charge in [0.15, 0.2) is 0 Å². The van der Waals surface area contributed by atoms with Gasteiger partial charge in [0.25, 0.3) is 5.91 Å². The number of aromatic hydroxyl groups is 1. The molecule has 80 valence electrons. The number of rotatable bonds is 2. The summed E-state index contributed by atoms with van der Waals surface area (Å²) in [6.45, 7) is 1.98. The number of hydrogen-bond donors (Lipinski definition) is 2. The fourth-order valence-corrected chi connectivity index (χ4v) is 1.52. The molecule has 1 saturated carbocycles. The van der Waals surface area contributed by atoms with Crippen LogP contribution < -0.4 is 5.32 Å². The molecule has 0 aromatic heterocycles. The Labute approximate surface area is 93.1 Å². The Morgan fingerprint density at radius 1 is 1.53 bits per heavy atom. The van der Waals surface area contributed by atoms with E-state index in [4.69, 9.17) is 11.6 Å². The number of carbonyl (C=O) groups excluding carboxylic acids is 1. The van der Waals surface area contributed by atoms with Crippen molar-refractivity contribution in [2.24, 2.45) is 0 Å². The highest BCUT2D eigenvalue weighted by atomic mass is 35.5. The Morgan fingerprint density at radius 2 is 2.20 bits per heavy atom. The van der Waals surface area contributed by atoms with Crippen LogP contribution >= 0.6 is 11.6 Å². The van der Waals surface area contributed by atoms with E-state index in [2.05, 4.69) is 5.32 Å². The summed E-state index contributed by atoms with van der Waals surface area (Å²) < 4.78 is 0. The minimum atomic E-state index is -0.246. The third-order valence-electron chi connectivity index (χ3n) is 2.62. The van der Waals surface area contributed by atoms with E-state index >= 15 is 0 Å². The first-order valence-corrected chi connectivity index (χ1v) is 5.19. The number of nitrogens with one attached hydrogen (secondary N) is 1. The molecule has 4 heteroatoms. The molecule has 0 unspecified atom stereocenters.